The summed E-state index contributed by atoms with van der Waals surface area (Å²) < 4.78 is 7.32. The molecule has 25 heavy (non-hydrogen) atoms. The molecule has 0 aliphatic carbocycles. The Morgan fingerprint density at radius 2 is 2.00 bits per heavy atom. The summed E-state index contributed by atoms with van der Waals surface area (Å²) in [6, 6.07) is 7.99. The lowest BCUT2D eigenvalue weighted by Crippen LogP contribution is -2.30. The zero-order valence-corrected chi connectivity index (χ0v) is 15.7. The van der Waals surface area contributed by atoms with Crippen molar-refractivity contribution < 1.29 is 9.53 Å². The van der Waals surface area contributed by atoms with Gasteiger partial charge in [-0.05, 0) is 51.0 Å². The van der Waals surface area contributed by atoms with Crippen molar-refractivity contribution in [3.8, 4) is 17.1 Å². The first-order chi connectivity index (χ1) is 12.1. The summed E-state index contributed by atoms with van der Waals surface area (Å²) >= 11 is 1.52. The van der Waals surface area contributed by atoms with Gasteiger partial charge in [-0.3, -0.25) is 9.36 Å². The topological polar surface area (TPSA) is 69.0 Å². The van der Waals surface area contributed by atoms with Gasteiger partial charge < -0.3 is 10.1 Å². The van der Waals surface area contributed by atoms with Crippen LogP contribution in [-0.2, 0) is 4.79 Å². The number of hydrogen-bond donors (Lipinski definition) is 1. The van der Waals surface area contributed by atoms with Crippen LogP contribution in [0.1, 0.15) is 39.2 Å². The molecule has 0 saturated carbocycles. The molecule has 6 nitrogen and oxygen atoms in total. The molecule has 1 atom stereocenters. The minimum atomic E-state index is -0.104. The quantitative estimate of drug-likeness (QED) is 0.886. The fourth-order valence-corrected chi connectivity index (χ4v) is 4.14. The van der Waals surface area contributed by atoms with Crippen LogP contribution in [-0.4, -0.2) is 39.6 Å². The van der Waals surface area contributed by atoms with Gasteiger partial charge in [0.15, 0.2) is 11.0 Å². The van der Waals surface area contributed by atoms with Gasteiger partial charge in [0.1, 0.15) is 5.75 Å². The number of thioether (sulfide) groups is 1. The van der Waals surface area contributed by atoms with Gasteiger partial charge in [-0.2, -0.15) is 0 Å². The summed E-state index contributed by atoms with van der Waals surface area (Å²) in [6.07, 6.45) is 2.97. The number of nitrogens with one attached hydrogen (secondary N) is 1. The van der Waals surface area contributed by atoms with Crippen LogP contribution in [0, 0.1) is 0 Å². The summed E-state index contributed by atoms with van der Waals surface area (Å²) in [4.78, 5) is 12.2. The third kappa shape index (κ3) is 3.98. The summed E-state index contributed by atoms with van der Waals surface area (Å²) in [7, 11) is 1.65. The largest absolute Gasteiger partial charge is 0.497 e. The Bertz CT molecular complexity index is 727. The van der Waals surface area contributed by atoms with E-state index in [4.69, 9.17) is 4.74 Å². The fraction of sp³-hybridized carbons (Fsp3) is 0.500. The van der Waals surface area contributed by atoms with Crippen LogP contribution < -0.4 is 10.1 Å². The smallest absolute Gasteiger partial charge is 0.233 e. The summed E-state index contributed by atoms with van der Waals surface area (Å²) in [6.45, 7) is 4.98. The molecule has 1 saturated heterocycles. The van der Waals surface area contributed by atoms with Gasteiger partial charge in [-0.25, -0.2) is 0 Å². The molecule has 134 valence electrons. The van der Waals surface area contributed by atoms with E-state index < -0.39 is 0 Å². The number of benzene rings is 1. The van der Waals surface area contributed by atoms with Gasteiger partial charge in [-0.15, -0.1) is 10.2 Å². The summed E-state index contributed by atoms with van der Waals surface area (Å²) in [5, 5.41) is 12.5. The van der Waals surface area contributed by atoms with Gasteiger partial charge in [0.2, 0.25) is 5.91 Å². The maximum atomic E-state index is 12.2. The van der Waals surface area contributed by atoms with Crippen molar-refractivity contribution in [1.82, 2.24) is 20.1 Å². The van der Waals surface area contributed by atoms with Gasteiger partial charge in [0.25, 0.3) is 0 Å². The Labute approximate surface area is 152 Å². The molecule has 3 rings (SSSR count). The highest BCUT2D eigenvalue weighted by Crippen LogP contribution is 2.32. The van der Waals surface area contributed by atoms with E-state index in [0.29, 0.717) is 0 Å². The van der Waals surface area contributed by atoms with Crippen LogP contribution in [0.5, 0.6) is 5.75 Å². The van der Waals surface area contributed by atoms with Crippen LogP contribution >= 0.6 is 11.8 Å². The lowest BCUT2D eigenvalue weighted by atomic mass is 10.2. The van der Waals surface area contributed by atoms with Crippen molar-refractivity contribution in [2.45, 2.75) is 49.6 Å². The molecule has 0 bridgehead atoms. The third-order valence-corrected chi connectivity index (χ3v) is 5.49. The SMILES string of the molecule is COc1ccc(-c2nnc(S[C@H]3CCCCNC3=O)n2C(C)C)cc1. The first-order valence-electron chi connectivity index (χ1n) is 8.64. The number of hydrogen-bond acceptors (Lipinski definition) is 5. The standard InChI is InChI=1S/C18H24N4O2S/c1-12(2)22-16(13-7-9-14(24-3)10-8-13)20-21-18(22)25-15-6-4-5-11-19-17(15)23/h7-10,12,15H,4-6,11H2,1-3H3,(H,19,23)/t15-/m0/s1. The molecular weight excluding hydrogens is 336 g/mol. The number of carbonyl (C=O) groups excluding carboxylic acids is 1. The molecular formula is C18H24N4O2S. The number of amides is 1. The molecule has 1 fully saturated rings. The van der Waals surface area contributed by atoms with E-state index in [0.717, 1.165) is 48.1 Å². The van der Waals surface area contributed by atoms with Crippen LogP contribution in [0.2, 0.25) is 0 Å². The predicted molar refractivity (Wildman–Crippen MR) is 98.9 cm³/mol. The molecule has 2 heterocycles. The second kappa shape index (κ2) is 7.91. The molecule has 7 heteroatoms. The number of nitrogens with zero attached hydrogens (tertiary/aromatic N) is 3. The average molecular weight is 360 g/mol. The molecule has 1 aliphatic rings. The molecule has 2 aromatic rings. The third-order valence-electron chi connectivity index (χ3n) is 4.26. The van der Waals surface area contributed by atoms with Gasteiger partial charge in [0, 0.05) is 18.2 Å². The average Bonchev–Trinajstić information content (AvgIpc) is 2.93. The van der Waals surface area contributed by atoms with E-state index in [1.807, 2.05) is 24.3 Å². The summed E-state index contributed by atoms with van der Waals surface area (Å²) in [5.74, 6) is 1.73. The van der Waals surface area contributed by atoms with Crippen molar-refractivity contribution >= 4 is 17.7 Å². The number of rotatable bonds is 5. The number of carbonyl (C=O) groups is 1. The zero-order valence-electron chi connectivity index (χ0n) is 14.9. The molecule has 0 radical (unpaired) electrons. The molecule has 1 aromatic carbocycles. The highest BCUT2D eigenvalue weighted by molar-refractivity contribution is 8.00. The summed E-state index contributed by atoms with van der Waals surface area (Å²) in [5.41, 5.74) is 0.985. The van der Waals surface area contributed by atoms with Gasteiger partial charge in [-0.1, -0.05) is 18.2 Å². The Kier molecular flexibility index (Phi) is 5.63. The van der Waals surface area contributed by atoms with Gasteiger partial charge in [0.05, 0.1) is 12.4 Å². The number of aromatic nitrogens is 3. The fourth-order valence-electron chi connectivity index (χ4n) is 2.91. The molecule has 0 unspecified atom stereocenters. The molecule has 0 spiro atoms. The Balaban J connectivity index is 1.89. The maximum Gasteiger partial charge on any atom is 0.233 e. The Morgan fingerprint density at radius 1 is 1.24 bits per heavy atom. The minimum Gasteiger partial charge on any atom is -0.497 e. The highest BCUT2D eigenvalue weighted by atomic mass is 32.2. The minimum absolute atomic E-state index is 0.104. The first kappa shape index (κ1) is 17.8. The maximum absolute atomic E-state index is 12.2. The predicted octanol–water partition coefficient (Wildman–Crippen LogP) is 3.30. The number of ether oxygens (including phenoxy) is 1. The van der Waals surface area contributed by atoms with E-state index in [2.05, 4.69) is 33.9 Å². The van der Waals surface area contributed by atoms with Crippen molar-refractivity contribution in [2.75, 3.05) is 13.7 Å². The van der Waals surface area contributed by atoms with Crippen molar-refractivity contribution in [2.24, 2.45) is 0 Å². The van der Waals surface area contributed by atoms with Crippen LogP contribution in [0.4, 0.5) is 0 Å². The van der Waals surface area contributed by atoms with Crippen molar-refractivity contribution in [1.29, 1.82) is 0 Å². The van der Waals surface area contributed by atoms with Gasteiger partial charge >= 0.3 is 0 Å². The van der Waals surface area contributed by atoms with Crippen molar-refractivity contribution in [3.63, 3.8) is 0 Å². The van der Waals surface area contributed by atoms with Crippen LogP contribution in [0.25, 0.3) is 11.4 Å². The molecule has 1 aromatic heterocycles. The molecule has 1 amide bonds. The van der Waals surface area contributed by atoms with E-state index in [1.54, 1.807) is 7.11 Å². The second-order valence-electron chi connectivity index (χ2n) is 6.39. The van der Waals surface area contributed by atoms with E-state index in [-0.39, 0.29) is 17.2 Å². The highest BCUT2D eigenvalue weighted by Gasteiger charge is 2.26. The van der Waals surface area contributed by atoms with E-state index in [1.165, 1.54) is 11.8 Å². The number of methoxy groups -OCH3 is 1. The van der Waals surface area contributed by atoms with Crippen LogP contribution in [0.3, 0.4) is 0 Å². The molecule has 1 N–H and O–H groups in total. The van der Waals surface area contributed by atoms with Crippen LogP contribution in [0.15, 0.2) is 29.4 Å². The first-order valence-corrected chi connectivity index (χ1v) is 9.52. The Morgan fingerprint density at radius 3 is 2.68 bits per heavy atom. The van der Waals surface area contributed by atoms with Crippen molar-refractivity contribution in [3.05, 3.63) is 24.3 Å². The zero-order chi connectivity index (χ0) is 17.8. The monoisotopic (exact) mass is 360 g/mol. The lowest BCUT2D eigenvalue weighted by molar-refractivity contribution is -0.120. The van der Waals surface area contributed by atoms with E-state index >= 15 is 0 Å². The second-order valence-corrected chi connectivity index (χ2v) is 7.56. The van der Waals surface area contributed by atoms with E-state index in [9.17, 15) is 4.79 Å². The lowest BCUT2D eigenvalue weighted by Gasteiger charge is -2.17. The molecule has 1 aliphatic heterocycles. The normalized spacial score (nSPS) is 18.1. The Hall–Kier alpha value is -2.02.